The van der Waals surface area contributed by atoms with Crippen molar-refractivity contribution in [3.63, 3.8) is 0 Å². The Bertz CT molecular complexity index is 1240. The van der Waals surface area contributed by atoms with Gasteiger partial charge in [-0.2, -0.15) is 12.5 Å². The SMILES string of the molecule is [CH2-]C(C[NH-])Cn1cnc(-c2ccc(F)cc2)c1-c1ccc(C(=O)Nc2ccccc2F)o1.[Li+]. The Hall–Kier alpha value is -3.18. The van der Waals surface area contributed by atoms with Crippen LogP contribution in [0.15, 0.2) is 71.4 Å². The van der Waals surface area contributed by atoms with Gasteiger partial charge in [-0.3, -0.25) is 4.79 Å². The van der Waals surface area contributed by atoms with E-state index in [-0.39, 0.29) is 48.6 Å². The summed E-state index contributed by atoms with van der Waals surface area (Å²) in [6.45, 7) is 4.48. The zero-order valence-corrected chi connectivity index (χ0v) is 18.0. The molecule has 33 heavy (non-hydrogen) atoms. The average Bonchev–Trinajstić information content (AvgIpc) is 3.43. The molecule has 0 fully saturated rings. The Balaban J connectivity index is 0.00000306. The van der Waals surface area contributed by atoms with Gasteiger partial charge in [-0.25, -0.2) is 13.8 Å². The van der Waals surface area contributed by atoms with Gasteiger partial charge in [0.05, 0.1) is 17.7 Å². The van der Waals surface area contributed by atoms with Crippen LogP contribution in [0.5, 0.6) is 0 Å². The van der Waals surface area contributed by atoms with Crippen LogP contribution < -0.4 is 24.2 Å². The molecule has 0 spiro atoms. The van der Waals surface area contributed by atoms with Gasteiger partial charge in [0.25, 0.3) is 5.91 Å². The normalized spacial score (nSPS) is 11.6. The third-order valence-electron chi connectivity index (χ3n) is 4.88. The Morgan fingerprint density at radius 2 is 1.85 bits per heavy atom. The number of furan rings is 1. The fraction of sp³-hybridized carbons (Fsp3) is 0.125. The van der Waals surface area contributed by atoms with E-state index in [2.05, 4.69) is 17.2 Å². The molecule has 0 radical (unpaired) electrons. The van der Waals surface area contributed by atoms with E-state index in [1.54, 1.807) is 35.2 Å². The molecule has 9 heteroatoms. The molecule has 0 aliphatic heterocycles. The minimum Gasteiger partial charge on any atom is -0.679 e. The molecule has 2 aromatic heterocycles. The van der Waals surface area contributed by atoms with Crippen molar-refractivity contribution in [1.29, 1.82) is 0 Å². The molecule has 0 saturated carbocycles. The van der Waals surface area contributed by atoms with E-state index in [0.717, 1.165) is 0 Å². The maximum Gasteiger partial charge on any atom is 1.00 e. The first kappa shape index (κ1) is 24.5. The molecule has 4 rings (SSSR count). The number of amides is 1. The monoisotopic (exact) mass is 441 g/mol. The van der Waals surface area contributed by atoms with Gasteiger partial charge in [0.15, 0.2) is 11.5 Å². The van der Waals surface area contributed by atoms with Crippen LogP contribution in [0.2, 0.25) is 0 Å². The number of carbonyl (C=O) groups is 1. The van der Waals surface area contributed by atoms with Crippen LogP contribution in [0, 0.1) is 24.5 Å². The van der Waals surface area contributed by atoms with Crippen LogP contribution in [0.3, 0.4) is 0 Å². The number of rotatable bonds is 7. The smallest absolute Gasteiger partial charge is 0.679 e. The number of halogens is 2. The van der Waals surface area contributed by atoms with Crippen molar-refractivity contribution < 1.29 is 36.9 Å². The summed E-state index contributed by atoms with van der Waals surface area (Å²) in [5.41, 5.74) is 9.39. The minimum atomic E-state index is -0.600. The molecular formula is C24H20F2LiN4O2-. The molecule has 164 valence electrons. The van der Waals surface area contributed by atoms with Crippen LogP contribution in [-0.4, -0.2) is 22.0 Å². The van der Waals surface area contributed by atoms with E-state index in [9.17, 15) is 13.6 Å². The van der Waals surface area contributed by atoms with Crippen LogP contribution in [-0.2, 0) is 6.54 Å². The number of nitrogens with zero attached hydrogens (tertiary/aromatic N) is 2. The summed E-state index contributed by atoms with van der Waals surface area (Å²) in [4.78, 5) is 17.0. The number of hydrogen-bond donors (Lipinski definition) is 1. The van der Waals surface area contributed by atoms with Gasteiger partial charge in [0.1, 0.15) is 17.3 Å². The summed E-state index contributed by atoms with van der Waals surface area (Å²) < 4.78 is 34.9. The van der Waals surface area contributed by atoms with Crippen molar-refractivity contribution in [1.82, 2.24) is 9.55 Å². The van der Waals surface area contributed by atoms with Gasteiger partial charge in [0, 0.05) is 5.56 Å². The van der Waals surface area contributed by atoms with Crippen LogP contribution in [0.1, 0.15) is 10.6 Å². The molecule has 2 N–H and O–H groups in total. The second-order valence-electron chi connectivity index (χ2n) is 7.27. The van der Waals surface area contributed by atoms with Crippen molar-refractivity contribution >= 4 is 11.6 Å². The van der Waals surface area contributed by atoms with Crippen molar-refractivity contribution in [3.8, 4) is 22.7 Å². The van der Waals surface area contributed by atoms with Gasteiger partial charge >= 0.3 is 18.9 Å². The van der Waals surface area contributed by atoms with E-state index in [0.29, 0.717) is 29.3 Å². The fourth-order valence-corrected chi connectivity index (χ4v) is 3.27. The predicted molar refractivity (Wildman–Crippen MR) is 118 cm³/mol. The number of benzene rings is 2. The number of aromatic nitrogens is 2. The van der Waals surface area contributed by atoms with Gasteiger partial charge in [-0.15, -0.1) is 0 Å². The van der Waals surface area contributed by atoms with Gasteiger partial charge in [-0.1, -0.05) is 12.1 Å². The van der Waals surface area contributed by atoms with Crippen LogP contribution >= 0.6 is 0 Å². The largest absolute Gasteiger partial charge is 1.00 e. The predicted octanol–water partition coefficient (Wildman–Crippen LogP) is 2.85. The molecule has 2 heterocycles. The van der Waals surface area contributed by atoms with Crippen LogP contribution in [0.4, 0.5) is 14.5 Å². The summed E-state index contributed by atoms with van der Waals surface area (Å²) in [6.07, 6.45) is 1.60. The zero-order chi connectivity index (χ0) is 22.7. The molecule has 4 aromatic rings. The van der Waals surface area contributed by atoms with Crippen LogP contribution in [0.25, 0.3) is 28.4 Å². The van der Waals surface area contributed by atoms with Crippen molar-refractivity contribution in [2.24, 2.45) is 5.92 Å². The quantitative estimate of drug-likeness (QED) is 0.354. The summed E-state index contributed by atoms with van der Waals surface area (Å²) in [5, 5.41) is 2.49. The second-order valence-corrected chi connectivity index (χ2v) is 7.27. The molecule has 0 saturated heterocycles. The molecule has 6 nitrogen and oxygen atoms in total. The van der Waals surface area contributed by atoms with Gasteiger partial charge in [0.2, 0.25) is 0 Å². The van der Waals surface area contributed by atoms with E-state index >= 15 is 0 Å². The minimum absolute atomic E-state index is 0. The number of carbonyl (C=O) groups excluding carboxylic acids is 1. The van der Waals surface area contributed by atoms with Crippen molar-refractivity contribution in [2.75, 3.05) is 11.9 Å². The molecule has 0 aliphatic carbocycles. The molecule has 1 amide bonds. The van der Waals surface area contributed by atoms with Crippen molar-refractivity contribution in [3.05, 3.63) is 97.0 Å². The van der Waals surface area contributed by atoms with Gasteiger partial charge in [-0.05, 0) is 55.1 Å². The number of anilines is 1. The molecule has 1 atom stereocenters. The zero-order valence-electron chi connectivity index (χ0n) is 18.0. The summed E-state index contributed by atoms with van der Waals surface area (Å²) in [7, 11) is 0. The first-order valence-electron chi connectivity index (χ1n) is 9.91. The number of nitrogens with one attached hydrogen (secondary N) is 2. The molecule has 1 unspecified atom stereocenters. The molecular weight excluding hydrogens is 421 g/mol. The fourth-order valence-electron chi connectivity index (χ4n) is 3.27. The third kappa shape index (κ3) is 5.42. The first-order valence-corrected chi connectivity index (χ1v) is 9.91. The Kier molecular flexibility index (Phi) is 7.87. The number of hydrogen-bond acceptors (Lipinski definition) is 3. The second kappa shape index (κ2) is 10.6. The Labute approximate surface area is 202 Å². The molecule has 2 aromatic carbocycles. The summed E-state index contributed by atoms with van der Waals surface area (Å²) in [6, 6.07) is 14.8. The van der Waals surface area contributed by atoms with E-state index in [4.69, 9.17) is 10.2 Å². The standard InChI is InChI=1S/C24H20F2N4O2.Li/c1-15(12-27)13-30-14-28-22(16-6-8-17(25)9-7-16)23(30)20-10-11-21(32-20)24(31)29-19-5-3-2-4-18(19)26;/h2-11,14-15,27H,1,12-13H2,(H,29,31);/q-2;+1. The summed E-state index contributed by atoms with van der Waals surface area (Å²) in [5.74, 6) is -1.36. The third-order valence-corrected chi connectivity index (χ3v) is 4.88. The van der Waals surface area contributed by atoms with E-state index in [1.807, 2.05) is 0 Å². The van der Waals surface area contributed by atoms with E-state index < -0.39 is 11.7 Å². The summed E-state index contributed by atoms with van der Waals surface area (Å²) >= 11 is 0. The van der Waals surface area contributed by atoms with E-state index in [1.165, 1.54) is 36.4 Å². The maximum atomic E-state index is 13.9. The van der Waals surface area contributed by atoms with Gasteiger partial charge < -0.3 is 27.0 Å². The number of para-hydroxylation sites is 1. The molecule has 0 bridgehead atoms. The molecule has 0 aliphatic rings. The number of imidazole rings is 1. The Morgan fingerprint density at radius 1 is 1.12 bits per heavy atom. The average molecular weight is 441 g/mol. The maximum absolute atomic E-state index is 13.9. The Morgan fingerprint density at radius 3 is 2.55 bits per heavy atom. The first-order chi connectivity index (χ1) is 15.5. The topological polar surface area (TPSA) is 83.9 Å². The van der Waals surface area contributed by atoms with Crippen molar-refractivity contribution in [2.45, 2.75) is 6.54 Å².